The van der Waals surface area contributed by atoms with E-state index in [0.717, 1.165) is 23.4 Å². The third kappa shape index (κ3) is 3.10. The highest BCUT2D eigenvalue weighted by atomic mass is 16.5. The van der Waals surface area contributed by atoms with Crippen LogP contribution in [0.1, 0.15) is 30.6 Å². The predicted molar refractivity (Wildman–Crippen MR) is 72.4 cm³/mol. The van der Waals surface area contributed by atoms with Gasteiger partial charge in [-0.1, -0.05) is 6.92 Å². The van der Waals surface area contributed by atoms with Gasteiger partial charge in [-0.2, -0.15) is 5.10 Å². The minimum absolute atomic E-state index is 0.162. The quantitative estimate of drug-likeness (QED) is 0.602. The number of rotatable bonds is 6. The van der Waals surface area contributed by atoms with Crippen molar-refractivity contribution in [1.29, 1.82) is 0 Å². The molecule has 2 aromatic rings. The zero-order chi connectivity index (χ0) is 13.7. The highest BCUT2D eigenvalue weighted by Gasteiger charge is 2.16. The number of aryl methyl sites for hydroxylation is 1. The number of nitrogens with one attached hydrogen (secondary N) is 1. The molecule has 6 nitrogen and oxygen atoms in total. The van der Waals surface area contributed by atoms with Crippen LogP contribution in [0.2, 0.25) is 0 Å². The van der Waals surface area contributed by atoms with Crippen molar-refractivity contribution in [2.75, 3.05) is 6.61 Å². The number of hydrogen-bond donors (Lipinski definition) is 2. The SMILES string of the molecule is CCCOc1cncc(C(NN)c2ccnn2C)c1. The van der Waals surface area contributed by atoms with E-state index in [-0.39, 0.29) is 6.04 Å². The summed E-state index contributed by atoms with van der Waals surface area (Å²) in [5.41, 5.74) is 4.70. The van der Waals surface area contributed by atoms with Gasteiger partial charge in [0.15, 0.2) is 0 Å². The van der Waals surface area contributed by atoms with Crippen LogP contribution in [-0.4, -0.2) is 21.4 Å². The first-order valence-corrected chi connectivity index (χ1v) is 6.28. The molecule has 0 amide bonds. The average molecular weight is 261 g/mol. The molecule has 0 aliphatic heterocycles. The van der Waals surface area contributed by atoms with E-state index in [1.54, 1.807) is 23.3 Å². The number of ether oxygens (including phenoxy) is 1. The second-order valence-corrected chi connectivity index (χ2v) is 4.28. The van der Waals surface area contributed by atoms with Crippen LogP contribution in [0, 0.1) is 0 Å². The van der Waals surface area contributed by atoms with Gasteiger partial charge in [0.2, 0.25) is 0 Å². The van der Waals surface area contributed by atoms with E-state index in [1.807, 2.05) is 19.2 Å². The van der Waals surface area contributed by atoms with Crippen molar-refractivity contribution in [2.45, 2.75) is 19.4 Å². The molecule has 0 saturated heterocycles. The Bertz CT molecular complexity index is 525. The second kappa shape index (κ2) is 6.31. The van der Waals surface area contributed by atoms with Crippen molar-refractivity contribution >= 4 is 0 Å². The third-order valence-corrected chi connectivity index (χ3v) is 2.86. The van der Waals surface area contributed by atoms with E-state index < -0.39 is 0 Å². The summed E-state index contributed by atoms with van der Waals surface area (Å²) in [5, 5.41) is 4.15. The van der Waals surface area contributed by atoms with E-state index in [2.05, 4.69) is 22.4 Å². The molecular formula is C13H19N5O. The summed E-state index contributed by atoms with van der Waals surface area (Å²) in [6.45, 7) is 2.74. The van der Waals surface area contributed by atoms with Gasteiger partial charge in [-0.05, 0) is 24.1 Å². The maximum atomic E-state index is 5.66. The van der Waals surface area contributed by atoms with Gasteiger partial charge in [0.1, 0.15) is 5.75 Å². The number of aromatic nitrogens is 3. The van der Waals surface area contributed by atoms with Gasteiger partial charge in [-0.25, -0.2) is 5.43 Å². The Morgan fingerprint density at radius 2 is 2.32 bits per heavy atom. The molecule has 102 valence electrons. The molecule has 0 radical (unpaired) electrons. The molecule has 6 heteroatoms. The maximum Gasteiger partial charge on any atom is 0.137 e. The molecule has 2 rings (SSSR count). The number of nitrogens with zero attached hydrogens (tertiary/aromatic N) is 3. The molecule has 0 aromatic carbocycles. The molecule has 2 aromatic heterocycles. The van der Waals surface area contributed by atoms with Gasteiger partial charge in [0.25, 0.3) is 0 Å². The summed E-state index contributed by atoms with van der Waals surface area (Å²) in [6, 6.07) is 3.70. The Labute approximate surface area is 112 Å². The number of pyridine rings is 1. The number of nitrogens with two attached hydrogens (primary N) is 1. The first-order valence-electron chi connectivity index (χ1n) is 6.28. The largest absolute Gasteiger partial charge is 0.492 e. The molecular weight excluding hydrogens is 242 g/mol. The Balaban J connectivity index is 2.26. The fourth-order valence-electron chi connectivity index (χ4n) is 1.91. The Morgan fingerprint density at radius 1 is 1.47 bits per heavy atom. The third-order valence-electron chi connectivity index (χ3n) is 2.86. The summed E-state index contributed by atoms with van der Waals surface area (Å²) in [4.78, 5) is 4.20. The molecule has 0 aliphatic rings. The van der Waals surface area contributed by atoms with Crippen molar-refractivity contribution in [1.82, 2.24) is 20.2 Å². The van der Waals surface area contributed by atoms with Gasteiger partial charge in [-0.3, -0.25) is 15.5 Å². The molecule has 0 aliphatic carbocycles. The minimum atomic E-state index is -0.162. The number of hydrogen-bond acceptors (Lipinski definition) is 5. The van der Waals surface area contributed by atoms with Crippen LogP contribution in [0.4, 0.5) is 0 Å². The zero-order valence-electron chi connectivity index (χ0n) is 11.2. The van der Waals surface area contributed by atoms with Gasteiger partial charge in [-0.15, -0.1) is 0 Å². The lowest BCUT2D eigenvalue weighted by Gasteiger charge is -2.17. The smallest absolute Gasteiger partial charge is 0.137 e. The predicted octanol–water partition coefficient (Wildman–Crippen LogP) is 1.16. The van der Waals surface area contributed by atoms with Crippen LogP contribution in [0.25, 0.3) is 0 Å². The van der Waals surface area contributed by atoms with Crippen molar-refractivity contribution in [2.24, 2.45) is 12.9 Å². The van der Waals surface area contributed by atoms with Crippen molar-refractivity contribution in [3.8, 4) is 5.75 Å². The van der Waals surface area contributed by atoms with E-state index in [1.165, 1.54) is 0 Å². The van der Waals surface area contributed by atoms with Crippen molar-refractivity contribution < 1.29 is 4.74 Å². The van der Waals surface area contributed by atoms with Crippen LogP contribution < -0.4 is 16.0 Å². The summed E-state index contributed by atoms with van der Waals surface area (Å²) >= 11 is 0. The summed E-state index contributed by atoms with van der Waals surface area (Å²) < 4.78 is 7.37. The molecule has 1 unspecified atom stereocenters. The van der Waals surface area contributed by atoms with Gasteiger partial charge < -0.3 is 4.74 Å². The molecule has 0 spiro atoms. The monoisotopic (exact) mass is 261 g/mol. The van der Waals surface area contributed by atoms with Gasteiger partial charge in [0, 0.05) is 19.4 Å². The minimum Gasteiger partial charge on any atom is -0.492 e. The average Bonchev–Trinajstić information content (AvgIpc) is 2.84. The lowest BCUT2D eigenvalue weighted by molar-refractivity contribution is 0.315. The molecule has 19 heavy (non-hydrogen) atoms. The highest BCUT2D eigenvalue weighted by Crippen LogP contribution is 2.23. The molecule has 0 fully saturated rings. The molecule has 0 saturated carbocycles. The highest BCUT2D eigenvalue weighted by molar-refractivity contribution is 5.31. The summed E-state index contributed by atoms with van der Waals surface area (Å²) in [6.07, 6.45) is 6.18. The molecule has 2 heterocycles. The lowest BCUT2D eigenvalue weighted by Crippen LogP contribution is -2.30. The first kappa shape index (κ1) is 13.5. The Morgan fingerprint density at radius 3 is 2.95 bits per heavy atom. The fourth-order valence-corrected chi connectivity index (χ4v) is 1.91. The standard InChI is InChI=1S/C13H19N5O/c1-3-6-19-11-7-10(8-15-9-11)13(17-14)12-4-5-16-18(12)2/h4-5,7-9,13,17H,3,6,14H2,1-2H3. The molecule has 1 atom stereocenters. The normalized spacial score (nSPS) is 12.4. The topological polar surface area (TPSA) is 78.0 Å². The van der Waals surface area contributed by atoms with Gasteiger partial charge >= 0.3 is 0 Å². The summed E-state index contributed by atoms with van der Waals surface area (Å²) in [7, 11) is 1.88. The summed E-state index contributed by atoms with van der Waals surface area (Å²) in [5.74, 6) is 6.41. The Kier molecular flexibility index (Phi) is 4.48. The molecule has 0 bridgehead atoms. The first-order chi connectivity index (χ1) is 9.26. The number of hydrazine groups is 1. The van der Waals surface area contributed by atoms with Crippen LogP contribution in [0.5, 0.6) is 5.75 Å². The van der Waals surface area contributed by atoms with Crippen LogP contribution >= 0.6 is 0 Å². The molecule has 3 N–H and O–H groups in total. The Hall–Kier alpha value is -1.92. The van der Waals surface area contributed by atoms with E-state index >= 15 is 0 Å². The van der Waals surface area contributed by atoms with Gasteiger partial charge in [0.05, 0.1) is 24.5 Å². The van der Waals surface area contributed by atoms with Crippen LogP contribution in [0.15, 0.2) is 30.7 Å². The van der Waals surface area contributed by atoms with Crippen molar-refractivity contribution in [3.05, 3.63) is 42.0 Å². The van der Waals surface area contributed by atoms with Crippen LogP contribution in [-0.2, 0) is 7.05 Å². The lowest BCUT2D eigenvalue weighted by atomic mass is 10.1. The van der Waals surface area contributed by atoms with E-state index in [4.69, 9.17) is 10.6 Å². The zero-order valence-corrected chi connectivity index (χ0v) is 11.2. The van der Waals surface area contributed by atoms with E-state index in [9.17, 15) is 0 Å². The van der Waals surface area contributed by atoms with Crippen LogP contribution in [0.3, 0.4) is 0 Å². The fraction of sp³-hybridized carbons (Fsp3) is 0.385. The van der Waals surface area contributed by atoms with Crippen molar-refractivity contribution in [3.63, 3.8) is 0 Å². The second-order valence-electron chi connectivity index (χ2n) is 4.28. The van der Waals surface area contributed by atoms with E-state index in [0.29, 0.717) is 6.61 Å². The maximum absolute atomic E-state index is 5.66.